The van der Waals surface area contributed by atoms with Crippen LogP contribution in [0.4, 0.5) is 11.5 Å². The van der Waals surface area contributed by atoms with Gasteiger partial charge < -0.3 is 10.6 Å². The lowest BCUT2D eigenvalue weighted by molar-refractivity contribution is 0.927. The van der Waals surface area contributed by atoms with E-state index in [4.69, 9.17) is 4.98 Å². The molecule has 0 fully saturated rings. The van der Waals surface area contributed by atoms with Gasteiger partial charge in [0, 0.05) is 34.9 Å². The molecule has 7 heteroatoms. The summed E-state index contributed by atoms with van der Waals surface area (Å²) in [5.74, 6) is 0.892. The van der Waals surface area contributed by atoms with Gasteiger partial charge in [0.2, 0.25) is 0 Å². The van der Waals surface area contributed by atoms with Gasteiger partial charge >= 0.3 is 0 Å². The van der Waals surface area contributed by atoms with Crippen molar-refractivity contribution in [3.05, 3.63) is 114 Å². The van der Waals surface area contributed by atoms with Crippen LogP contribution in [-0.4, -0.2) is 21.3 Å². The summed E-state index contributed by atoms with van der Waals surface area (Å²) in [6, 6.07) is 28.2. The van der Waals surface area contributed by atoms with Gasteiger partial charge in [-0.1, -0.05) is 63.7 Å². The largest absolute Gasteiger partial charge is 0.366 e. The summed E-state index contributed by atoms with van der Waals surface area (Å²) >= 11 is 0. The highest BCUT2D eigenvalue weighted by atomic mass is 31.1. The highest BCUT2D eigenvalue weighted by molar-refractivity contribution is 7.46. The molecule has 5 aromatic rings. The number of anilines is 2. The van der Waals surface area contributed by atoms with Gasteiger partial charge in [-0.2, -0.15) is 14.9 Å². The fraction of sp³-hybridized carbons (Fsp3) is 0.100. The summed E-state index contributed by atoms with van der Waals surface area (Å²) in [7, 11) is 0.605. The Morgan fingerprint density at radius 2 is 1.89 bits per heavy atom. The van der Waals surface area contributed by atoms with E-state index in [0.717, 1.165) is 50.5 Å². The molecule has 37 heavy (non-hydrogen) atoms. The number of rotatable bonds is 8. The van der Waals surface area contributed by atoms with Gasteiger partial charge in [0.15, 0.2) is 5.65 Å². The van der Waals surface area contributed by atoms with E-state index in [-0.39, 0.29) is 0 Å². The predicted octanol–water partition coefficient (Wildman–Crippen LogP) is 6.20. The number of aryl methyl sites for hydroxylation is 1. The lowest BCUT2D eigenvalue weighted by atomic mass is 10.1. The van der Waals surface area contributed by atoms with Crippen molar-refractivity contribution in [2.24, 2.45) is 0 Å². The molecular weight excluding hydrogens is 475 g/mol. The number of fused-ring (bicyclic) bond motifs is 1. The molecule has 2 aromatic heterocycles. The topological polar surface area (TPSA) is 78.0 Å². The van der Waals surface area contributed by atoms with Crippen LogP contribution in [0.1, 0.15) is 22.3 Å². The first-order valence-corrected chi connectivity index (χ1v) is 13.5. The molecule has 0 bridgehead atoms. The molecule has 0 aliphatic heterocycles. The monoisotopic (exact) mass is 502 g/mol. The maximum Gasteiger partial charge on any atom is 0.165 e. The number of nitrogens with one attached hydrogen (secondary N) is 2. The number of nitriles is 1. The van der Waals surface area contributed by atoms with Crippen molar-refractivity contribution in [1.29, 1.82) is 5.26 Å². The number of aromatic nitrogens is 3. The minimum Gasteiger partial charge on any atom is -0.366 e. The van der Waals surface area contributed by atoms with Crippen LogP contribution < -0.4 is 15.9 Å². The number of hydrogen-bond donors (Lipinski definition) is 2. The van der Waals surface area contributed by atoms with Gasteiger partial charge in [-0.25, -0.2) is 4.98 Å². The van der Waals surface area contributed by atoms with E-state index >= 15 is 0 Å². The van der Waals surface area contributed by atoms with Crippen LogP contribution >= 0.6 is 8.58 Å². The summed E-state index contributed by atoms with van der Waals surface area (Å²) in [6.07, 6.45) is 1.91. The predicted molar refractivity (Wildman–Crippen MR) is 155 cm³/mol. The Labute approximate surface area is 218 Å². The summed E-state index contributed by atoms with van der Waals surface area (Å²) in [5.41, 5.74) is 8.39. The van der Waals surface area contributed by atoms with E-state index in [1.165, 1.54) is 5.56 Å². The van der Waals surface area contributed by atoms with E-state index in [2.05, 4.69) is 72.3 Å². The minimum absolute atomic E-state index is 0.605. The third-order valence-corrected chi connectivity index (χ3v) is 7.09. The second-order valence-electron chi connectivity index (χ2n) is 8.74. The molecule has 0 amide bonds. The van der Waals surface area contributed by atoms with Crippen LogP contribution in [0.3, 0.4) is 0 Å². The third-order valence-electron chi connectivity index (χ3n) is 6.20. The second kappa shape index (κ2) is 10.7. The first-order chi connectivity index (χ1) is 18.1. The van der Waals surface area contributed by atoms with E-state index in [1.54, 1.807) is 6.07 Å². The van der Waals surface area contributed by atoms with E-state index in [9.17, 15) is 5.26 Å². The van der Waals surface area contributed by atoms with Crippen LogP contribution in [0.15, 0.2) is 91.6 Å². The fourth-order valence-corrected chi connectivity index (χ4v) is 4.81. The van der Waals surface area contributed by atoms with Crippen molar-refractivity contribution in [3.8, 4) is 17.3 Å². The molecule has 2 heterocycles. The standard InChI is InChI=1S/C30H27N6P/c1-20-8-4-5-13-26(20)27-16-29(36-30(35-27)28(37-3)19-33-36)32-18-23-10-7-12-25(15-23)34-21(2)24-11-6-9-22(14-24)17-31/h4-16,19,32,34,37H,2,18H2,1,3H3. The van der Waals surface area contributed by atoms with Gasteiger partial charge in [-0.3, -0.25) is 0 Å². The normalized spacial score (nSPS) is 11.1. The van der Waals surface area contributed by atoms with Gasteiger partial charge in [0.05, 0.1) is 23.5 Å². The van der Waals surface area contributed by atoms with E-state index < -0.39 is 0 Å². The van der Waals surface area contributed by atoms with Gasteiger partial charge in [-0.05, 0) is 54.5 Å². The van der Waals surface area contributed by atoms with Gasteiger partial charge in [-0.15, -0.1) is 0 Å². The van der Waals surface area contributed by atoms with Gasteiger partial charge in [0.25, 0.3) is 0 Å². The van der Waals surface area contributed by atoms with Crippen molar-refractivity contribution < 1.29 is 0 Å². The van der Waals surface area contributed by atoms with Crippen LogP contribution in [0.5, 0.6) is 0 Å². The van der Waals surface area contributed by atoms with Crippen LogP contribution in [0.25, 0.3) is 22.6 Å². The SMILES string of the molecule is C=C(Nc1cccc(CNc2cc(-c3ccccc3C)nc3c(PC)cnn23)c1)c1cccc(C#N)c1. The Morgan fingerprint density at radius 3 is 2.70 bits per heavy atom. The number of hydrogen-bond acceptors (Lipinski definition) is 5. The zero-order chi connectivity index (χ0) is 25.8. The highest BCUT2D eigenvalue weighted by Gasteiger charge is 2.13. The molecule has 182 valence electrons. The van der Waals surface area contributed by atoms with Crippen molar-refractivity contribution in [3.63, 3.8) is 0 Å². The Morgan fingerprint density at radius 1 is 1.05 bits per heavy atom. The highest BCUT2D eigenvalue weighted by Crippen LogP contribution is 2.26. The summed E-state index contributed by atoms with van der Waals surface area (Å²) in [4.78, 5) is 4.97. The van der Waals surface area contributed by atoms with E-state index in [0.29, 0.717) is 20.7 Å². The summed E-state index contributed by atoms with van der Waals surface area (Å²) < 4.78 is 1.89. The lowest BCUT2D eigenvalue weighted by Gasteiger charge is -2.14. The molecule has 0 spiro atoms. The van der Waals surface area contributed by atoms with E-state index in [1.807, 2.05) is 53.2 Å². The van der Waals surface area contributed by atoms with Crippen LogP contribution in [0.2, 0.25) is 0 Å². The summed E-state index contributed by atoms with van der Waals surface area (Å²) in [6.45, 7) is 9.02. The molecular formula is C30H27N6P. The van der Waals surface area contributed by atoms with Crippen molar-refractivity contribution in [1.82, 2.24) is 14.6 Å². The molecule has 0 saturated heterocycles. The molecule has 0 aliphatic carbocycles. The molecule has 0 saturated carbocycles. The van der Waals surface area contributed by atoms with Crippen molar-refractivity contribution in [2.45, 2.75) is 13.5 Å². The molecule has 1 atom stereocenters. The van der Waals surface area contributed by atoms with Crippen molar-refractivity contribution >= 4 is 36.7 Å². The fourth-order valence-electron chi connectivity index (χ4n) is 4.24. The number of nitrogens with zero attached hydrogens (tertiary/aromatic N) is 4. The summed E-state index contributed by atoms with van der Waals surface area (Å²) in [5, 5.41) is 21.9. The molecule has 0 aliphatic rings. The smallest absolute Gasteiger partial charge is 0.165 e. The Balaban J connectivity index is 1.39. The zero-order valence-electron chi connectivity index (χ0n) is 20.8. The Hall–Kier alpha value is -4.46. The van der Waals surface area contributed by atoms with Crippen LogP contribution in [0, 0.1) is 18.3 Å². The molecule has 6 nitrogen and oxygen atoms in total. The molecule has 3 aromatic carbocycles. The molecule has 5 rings (SSSR count). The minimum atomic E-state index is 0.605. The maximum atomic E-state index is 9.18. The Bertz CT molecular complexity index is 1650. The lowest BCUT2D eigenvalue weighted by Crippen LogP contribution is -2.08. The molecule has 2 N–H and O–H groups in total. The average molecular weight is 503 g/mol. The third kappa shape index (κ3) is 5.23. The van der Waals surface area contributed by atoms with Gasteiger partial charge in [0.1, 0.15) is 5.82 Å². The second-order valence-corrected chi connectivity index (χ2v) is 9.77. The molecule has 1 unspecified atom stereocenters. The average Bonchev–Trinajstić information content (AvgIpc) is 3.35. The first kappa shape index (κ1) is 24.2. The zero-order valence-corrected chi connectivity index (χ0v) is 21.8. The first-order valence-electron chi connectivity index (χ1n) is 12.0. The quantitative estimate of drug-likeness (QED) is 0.247. The van der Waals surface area contributed by atoms with Crippen LogP contribution in [-0.2, 0) is 6.54 Å². The molecule has 0 radical (unpaired) electrons. The number of benzene rings is 3. The maximum absolute atomic E-state index is 9.18. The van der Waals surface area contributed by atoms with Crippen molar-refractivity contribution in [2.75, 3.05) is 17.3 Å². The Kier molecular flexibility index (Phi) is 6.98.